The van der Waals surface area contributed by atoms with Crippen molar-refractivity contribution in [1.29, 1.82) is 5.26 Å². The highest BCUT2D eigenvalue weighted by Gasteiger charge is 2.16. The van der Waals surface area contributed by atoms with Crippen molar-refractivity contribution in [1.82, 2.24) is 4.98 Å². The number of carboxylic acids is 1. The molecule has 1 atom stereocenters. The van der Waals surface area contributed by atoms with Gasteiger partial charge in [0.05, 0.1) is 4.92 Å². The number of hydrogen-bond donors (Lipinski definition) is 2. The van der Waals surface area contributed by atoms with Gasteiger partial charge in [-0.15, -0.1) is 0 Å². The van der Waals surface area contributed by atoms with Crippen LogP contribution in [0.15, 0.2) is 12.1 Å². The Morgan fingerprint density at radius 1 is 1.68 bits per heavy atom. The Labute approximate surface area is 108 Å². The lowest BCUT2D eigenvalue weighted by Crippen LogP contribution is -2.17. The van der Waals surface area contributed by atoms with Gasteiger partial charge in [-0.2, -0.15) is 5.26 Å². The summed E-state index contributed by atoms with van der Waals surface area (Å²) in [6, 6.07) is 4.06. The lowest BCUT2D eigenvalue weighted by atomic mass is 10.2. The average molecular weight is 264 g/mol. The molecule has 0 radical (unpaired) electrons. The van der Waals surface area contributed by atoms with E-state index in [9.17, 15) is 14.9 Å². The van der Waals surface area contributed by atoms with E-state index in [1.165, 1.54) is 12.1 Å². The zero-order valence-corrected chi connectivity index (χ0v) is 10.2. The van der Waals surface area contributed by atoms with Gasteiger partial charge in [0.25, 0.3) is 0 Å². The monoisotopic (exact) mass is 264 g/mol. The van der Waals surface area contributed by atoms with Crippen LogP contribution >= 0.6 is 0 Å². The first-order chi connectivity index (χ1) is 8.93. The van der Waals surface area contributed by atoms with Gasteiger partial charge < -0.3 is 10.4 Å². The maximum Gasteiger partial charge on any atom is 0.305 e. The van der Waals surface area contributed by atoms with Crippen LogP contribution in [0.3, 0.4) is 0 Å². The third-order valence-electron chi connectivity index (χ3n) is 2.36. The van der Waals surface area contributed by atoms with Crippen molar-refractivity contribution in [3.8, 4) is 6.07 Å². The summed E-state index contributed by atoms with van der Waals surface area (Å²) in [5.74, 6) is -0.594. The van der Waals surface area contributed by atoms with Gasteiger partial charge in [-0.05, 0) is 19.4 Å². The number of carboxylic acid groups (broad SMARTS) is 1. The van der Waals surface area contributed by atoms with Gasteiger partial charge in [0.1, 0.15) is 11.9 Å². The molecule has 1 unspecified atom stereocenters. The van der Waals surface area contributed by atoms with Crippen LogP contribution in [0, 0.1) is 21.4 Å². The van der Waals surface area contributed by atoms with Crippen LogP contribution in [0.5, 0.6) is 0 Å². The average Bonchev–Trinajstić information content (AvgIpc) is 2.35. The molecule has 1 aromatic rings. The normalized spacial score (nSPS) is 11.4. The molecule has 0 saturated heterocycles. The van der Waals surface area contributed by atoms with E-state index >= 15 is 0 Å². The fraction of sp³-hybridized carbons (Fsp3) is 0.364. The molecule has 0 saturated carbocycles. The topological polar surface area (TPSA) is 129 Å². The zero-order chi connectivity index (χ0) is 14.4. The van der Waals surface area contributed by atoms with E-state index in [4.69, 9.17) is 10.4 Å². The first kappa shape index (κ1) is 14.4. The Kier molecular flexibility index (Phi) is 4.76. The number of anilines is 1. The Morgan fingerprint density at radius 3 is 2.89 bits per heavy atom. The van der Waals surface area contributed by atoms with Crippen LogP contribution < -0.4 is 5.32 Å². The van der Waals surface area contributed by atoms with E-state index in [1.54, 1.807) is 13.0 Å². The van der Waals surface area contributed by atoms with Crippen LogP contribution in [-0.2, 0) is 4.79 Å². The molecule has 0 aliphatic heterocycles. The van der Waals surface area contributed by atoms with Crippen molar-refractivity contribution in [2.75, 3.05) is 5.32 Å². The van der Waals surface area contributed by atoms with Gasteiger partial charge in [-0.1, -0.05) is 0 Å². The summed E-state index contributed by atoms with van der Waals surface area (Å²) in [6.45, 7) is 1.76. The molecule has 19 heavy (non-hydrogen) atoms. The van der Waals surface area contributed by atoms with Crippen molar-refractivity contribution < 1.29 is 14.8 Å². The smallest absolute Gasteiger partial charge is 0.305 e. The van der Waals surface area contributed by atoms with E-state index in [0.29, 0.717) is 12.2 Å². The Balaban J connectivity index is 2.78. The first-order valence-electron chi connectivity index (χ1n) is 5.48. The predicted molar refractivity (Wildman–Crippen MR) is 65.6 cm³/mol. The van der Waals surface area contributed by atoms with Gasteiger partial charge in [-0.25, -0.2) is 4.98 Å². The van der Waals surface area contributed by atoms with Crippen molar-refractivity contribution in [3.05, 3.63) is 27.9 Å². The Bertz CT molecular complexity index is 538. The number of nitrogens with one attached hydrogen (secondary N) is 1. The predicted octanol–water partition coefficient (Wildman–Crippen LogP) is 1.53. The highest BCUT2D eigenvalue weighted by Crippen LogP contribution is 2.18. The zero-order valence-electron chi connectivity index (χ0n) is 10.2. The highest BCUT2D eigenvalue weighted by molar-refractivity contribution is 5.66. The molecule has 100 valence electrons. The SMILES string of the molecule is CC(CCC(=O)O)Nc1ccc([N+](=O)[O-])c(C#N)n1. The van der Waals surface area contributed by atoms with Crippen LogP contribution in [0.1, 0.15) is 25.5 Å². The molecule has 2 N–H and O–H groups in total. The molecule has 0 spiro atoms. The van der Waals surface area contributed by atoms with E-state index in [2.05, 4.69) is 10.3 Å². The number of nitrogens with zero attached hydrogens (tertiary/aromatic N) is 3. The largest absolute Gasteiger partial charge is 0.481 e. The Morgan fingerprint density at radius 2 is 2.37 bits per heavy atom. The molecular formula is C11H12N4O4. The van der Waals surface area contributed by atoms with E-state index in [1.807, 2.05) is 0 Å². The summed E-state index contributed by atoms with van der Waals surface area (Å²) in [4.78, 5) is 24.2. The van der Waals surface area contributed by atoms with Crippen LogP contribution in [0.2, 0.25) is 0 Å². The number of pyridine rings is 1. The lowest BCUT2D eigenvalue weighted by Gasteiger charge is -2.13. The summed E-state index contributed by atoms with van der Waals surface area (Å²) in [5, 5.41) is 30.8. The fourth-order valence-corrected chi connectivity index (χ4v) is 1.43. The van der Waals surface area contributed by atoms with Crippen LogP contribution in [-0.4, -0.2) is 27.0 Å². The van der Waals surface area contributed by atoms with Gasteiger partial charge in [-0.3, -0.25) is 14.9 Å². The summed E-state index contributed by atoms with van der Waals surface area (Å²) >= 11 is 0. The molecule has 1 rings (SSSR count). The second-order valence-corrected chi connectivity index (χ2v) is 3.91. The minimum atomic E-state index is -0.900. The van der Waals surface area contributed by atoms with Crippen molar-refractivity contribution in [2.45, 2.75) is 25.8 Å². The number of aromatic nitrogens is 1. The third kappa shape index (κ3) is 4.23. The van der Waals surface area contributed by atoms with Gasteiger partial charge in [0.15, 0.2) is 0 Å². The summed E-state index contributed by atoms with van der Waals surface area (Å²) in [6.07, 6.45) is 0.391. The van der Waals surface area contributed by atoms with Crippen molar-refractivity contribution in [2.24, 2.45) is 0 Å². The number of aliphatic carboxylic acids is 1. The minimum Gasteiger partial charge on any atom is -0.481 e. The fourth-order valence-electron chi connectivity index (χ4n) is 1.43. The molecule has 0 bridgehead atoms. The Hall–Kier alpha value is -2.69. The summed E-state index contributed by atoms with van der Waals surface area (Å²) < 4.78 is 0. The first-order valence-corrected chi connectivity index (χ1v) is 5.48. The maximum absolute atomic E-state index is 10.6. The van der Waals surface area contributed by atoms with Gasteiger partial charge in [0, 0.05) is 18.5 Å². The number of carbonyl (C=O) groups is 1. The third-order valence-corrected chi connectivity index (χ3v) is 2.36. The molecule has 8 heteroatoms. The minimum absolute atomic E-state index is 0.00621. The van der Waals surface area contributed by atoms with E-state index in [0.717, 1.165) is 0 Å². The molecular weight excluding hydrogens is 252 g/mol. The summed E-state index contributed by atoms with van der Waals surface area (Å²) in [5.41, 5.74) is -0.633. The molecule has 0 aromatic carbocycles. The molecule has 0 fully saturated rings. The number of hydrogen-bond acceptors (Lipinski definition) is 6. The number of nitriles is 1. The van der Waals surface area contributed by atoms with E-state index < -0.39 is 10.9 Å². The molecule has 8 nitrogen and oxygen atoms in total. The standard InChI is InChI=1S/C11H12N4O4/c1-7(2-5-11(16)17)13-10-4-3-9(15(18)19)8(6-12)14-10/h3-4,7H,2,5H2,1H3,(H,13,14)(H,16,17). The van der Waals surface area contributed by atoms with Crippen LogP contribution in [0.4, 0.5) is 11.5 Å². The van der Waals surface area contributed by atoms with Crippen molar-refractivity contribution >= 4 is 17.5 Å². The van der Waals surface area contributed by atoms with Crippen LogP contribution in [0.25, 0.3) is 0 Å². The second-order valence-electron chi connectivity index (χ2n) is 3.91. The number of rotatable bonds is 6. The maximum atomic E-state index is 10.6. The number of nitro groups is 1. The van der Waals surface area contributed by atoms with Gasteiger partial charge >= 0.3 is 11.7 Å². The van der Waals surface area contributed by atoms with E-state index in [-0.39, 0.29) is 23.8 Å². The second kappa shape index (κ2) is 6.30. The van der Waals surface area contributed by atoms with Gasteiger partial charge in [0.2, 0.25) is 5.69 Å². The molecule has 0 amide bonds. The lowest BCUT2D eigenvalue weighted by molar-refractivity contribution is -0.385. The highest BCUT2D eigenvalue weighted by atomic mass is 16.6. The summed E-state index contributed by atoms with van der Waals surface area (Å²) in [7, 11) is 0. The quantitative estimate of drug-likeness (QED) is 0.588. The molecule has 0 aliphatic rings. The van der Waals surface area contributed by atoms with Crippen molar-refractivity contribution in [3.63, 3.8) is 0 Å². The molecule has 0 aliphatic carbocycles. The molecule has 1 aromatic heterocycles. The molecule has 1 heterocycles.